The number of hydrogen-bond donors (Lipinski definition) is 2. The number of nitrogens with two attached hydrogens (primary N) is 1. The molecule has 0 unspecified atom stereocenters. The molecule has 0 amide bonds. The molecule has 0 heterocycles. The summed E-state index contributed by atoms with van der Waals surface area (Å²) in [7, 11) is -7.65. The van der Waals surface area contributed by atoms with Gasteiger partial charge in [-0.15, -0.1) is 0 Å². The summed E-state index contributed by atoms with van der Waals surface area (Å²) in [5.41, 5.74) is 5.61. The Kier molecular flexibility index (Phi) is 4.90. The minimum absolute atomic E-state index is 0.0647. The molecule has 0 bridgehead atoms. The van der Waals surface area contributed by atoms with Crippen LogP contribution in [0.2, 0.25) is 0 Å². The Morgan fingerprint density at radius 2 is 1.95 bits per heavy atom. The lowest BCUT2D eigenvalue weighted by atomic mass is 10.1. The zero-order chi connectivity index (χ0) is 16.5. The van der Waals surface area contributed by atoms with Crippen LogP contribution in [0, 0.1) is 11.7 Å². The topological polar surface area (TPSA) is 106 Å². The van der Waals surface area contributed by atoms with Crippen LogP contribution in [0.3, 0.4) is 0 Å². The Hall–Kier alpha value is -1.03. The predicted molar refractivity (Wildman–Crippen MR) is 80.0 cm³/mol. The largest absolute Gasteiger partial charge is 0.330 e. The normalized spacial score (nSPS) is 22.9. The van der Waals surface area contributed by atoms with Crippen molar-refractivity contribution in [1.29, 1.82) is 0 Å². The lowest BCUT2D eigenvalue weighted by Crippen LogP contribution is -2.39. The molecular weight excluding hydrogens is 331 g/mol. The van der Waals surface area contributed by atoms with Crippen LogP contribution in [0.5, 0.6) is 0 Å². The van der Waals surface area contributed by atoms with Crippen LogP contribution in [0.4, 0.5) is 4.39 Å². The maximum Gasteiger partial charge on any atom is 0.240 e. The Balaban J connectivity index is 2.29. The van der Waals surface area contributed by atoms with Gasteiger partial charge in [-0.3, -0.25) is 0 Å². The van der Waals surface area contributed by atoms with Crippen LogP contribution >= 0.6 is 0 Å². The number of halogens is 1. The van der Waals surface area contributed by atoms with E-state index >= 15 is 0 Å². The molecule has 0 radical (unpaired) electrons. The van der Waals surface area contributed by atoms with Gasteiger partial charge in [0.1, 0.15) is 10.7 Å². The van der Waals surface area contributed by atoms with Crippen molar-refractivity contribution in [1.82, 2.24) is 4.72 Å². The van der Waals surface area contributed by atoms with Crippen LogP contribution in [-0.4, -0.2) is 35.7 Å². The molecule has 0 aliphatic heterocycles. The summed E-state index contributed by atoms with van der Waals surface area (Å²) < 4.78 is 63.7. The van der Waals surface area contributed by atoms with Gasteiger partial charge in [-0.05, 0) is 43.5 Å². The van der Waals surface area contributed by atoms with E-state index in [1.807, 2.05) is 0 Å². The number of benzene rings is 1. The van der Waals surface area contributed by atoms with Gasteiger partial charge in [0, 0.05) is 12.3 Å². The van der Waals surface area contributed by atoms with E-state index in [0.29, 0.717) is 13.0 Å². The third-order valence-corrected chi connectivity index (χ3v) is 6.50. The van der Waals surface area contributed by atoms with Crippen molar-refractivity contribution in [3.05, 3.63) is 24.0 Å². The van der Waals surface area contributed by atoms with Crippen molar-refractivity contribution >= 4 is 19.9 Å². The number of sulfonamides is 1. The van der Waals surface area contributed by atoms with E-state index in [2.05, 4.69) is 4.72 Å². The number of hydrogen-bond acceptors (Lipinski definition) is 5. The summed E-state index contributed by atoms with van der Waals surface area (Å²) in [5.74, 6) is -1.01. The van der Waals surface area contributed by atoms with E-state index < -0.39 is 30.6 Å². The van der Waals surface area contributed by atoms with Crippen LogP contribution in [0.1, 0.15) is 19.3 Å². The van der Waals surface area contributed by atoms with Gasteiger partial charge in [-0.25, -0.2) is 25.9 Å². The molecule has 1 saturated carbocycles. The molecule has 1 aromatic rings. The highest BCUT2D eigenvalue weighted by atomic mass is 32.2. The Bertz CT molecular complexity index is 762. The highest BCUT2D eigenvalue weighted by Crippen LogP contribution is 2.27. The minimum atomic E-state index is -3.91. The van der Waals surface area contributed by atoms with E-state index in [4.69, 9.17) is 5.73 Å². The fraction of sp³-hybridized carbons (Fsp3) is 0.538. The Morgan fingerprint density at radius 3 is 2.50 bits per heavy atom. The highest BCUT2D eigenvalue weighted by molar-refractivity contribution is 7.90. The van der Waals surface area contributed by atoms with Crippen molar-refractivity contribution in [2.75, 3.05) is 12.8 Å². The molecule has 22 heavy (non-hydrogen) atoms. The maximum atomic E-state index is 13.8. The van der Waals surface area contributed by atoms with Crippen molar-refractivity contribution in [3.63, 3.8) is 0 Å². The quantitative estimate of drug-likeness (QED) is 0.810. The van der Waals surface area contributed by atoms with Crippen molar-refractivity contribution < 1.29 is 21.2 Å². The number of rotatable bonds is 5. The van der Waals surface area contributed by atoms with E-state index in [1.165, 1.54) is 0 Å². The van der Waals surface area contributed by atoms with Crippen molar-refractivity contribution in [3.8, 4) is 0 Å². The van der Waals surface area contributed by atoms with Gasteiger partial charge in [-0.1, -0.05) is 6.42 Å². The molecule has 1 aliphatic carbocycles. The first-order valence-corrected chi connectivity index (χ1v) is 10.2. The van der Waals surface area contributed by atoms with Gasteiger partial charge in [0.15, 0.2) is 9.84 Å². The monoisotopic (exact) mass is 350 g/mol. The van der Waals surface area contributed by atoms with E-state index in [1.54, 1.807) is 0 Å². The molecule has 0 spiro atoms. The number of nitrogens with one attached hydrogen (secondary N) is 1. The van der Waals surface area contributed by atoms with Crippen LogP contribution in [0.25, 0.3) is 0 Å². The maximum absolute atomic E-state index is 13.8. The average Bonchev–Trinajstić information content (AvgIpc) is 2.83. The fourth-order valence-electron chi connectivity index (χ4n) is 2.69. The average molecular weight is 350 g/mol. The summed E-state index contributed by atoms with van der Waals surface area (Å²) in [6.07, 6.45) is 3.29. The van der Waals surface area contributed by atoms with Gasteiger partial charge in [0.05, 0.1) is 4.90 Å². The molecule has 2 rings (SSSR count). The molecule has 1 aliphatic rings. The molecular formula is C13H19FN2O4S2. The summed E-state index contributed by atoms with van der Waals surface area (Å²) in [5, 5.41) is 0. The minimum Gasteiger partial charge on any atom is -0.330 e. The zero-order valence-electron chi connectivity index (χ0n) is 12.1. The predicted octanol–water partition coefficient (Wildman–Crippen LogP) is 0.635. The summed E-state index contributed by atoms with van der Waals surface area (Å²) in [4.78, 5) is -0.813. The van der Waals surface area contributed by atoms with Crippen LogP contribution in [-0.2, 0) is 19.9 Å². The summed E-state index contributed by atoms with van der Waals surface area (Å²) >= 11 is 0. The molecule has 6 nitrogen and oxygen atoms in total. The first-order valence-electron chi connectivity index (χ1n) is 6.87. The number of sulfone groups is 1. The van der Waals surface area contributed by atoms with Gasteiger partial charge >= 0.3 is 0 Å². The first-order chi connectivity index (χ1) is 10.1. The SMILES string of the molecule is CS(=O)(=O)c1ccc(S(=O)(=O)N[C@H]2CCC[C@@H]2CN)cc1F. The lowest BCUT2D eigenvalue weighted by molar-refractivity contribution is 0.452. The van der Waals surface area contributed by atoms with Gasteiger partial charge in [-0.2, -0.15) is 0 Å². The standard InChI is InChI=1S/C13H19FN2O4S2/c1-21(17,18)13-6-5-10(7-11(13)14)22(19,20)16-12-4-2-3-9(12)8-15/h5-7,9,12,16H,2-4,8,15H2,1H3/t9-,12+/m1/s1. The molecule has 3 N–H and O–H groups in total. The molecule has 1 aromatic carbocycles. The van der Waals surface area contributed by atoms with Crippen molar-refractivity contribution in [2.45, 2.75) is 35.1 Å². The summed E-state index contributed by atoms with van der Waals surface area (Å²) in [6, 6.07) is 2.51. The smallest absolute Gasteiger partial charge is 0.240 e. The lowest BCUT2D eigenvalue weighted by Gasteiger charge is -2.19. The van der Waals surface area contributed by atoms with Gasteiger partial charge in [0.2, 0.25) is 10.0 Å². The fourth-order valence-corrected chi connectivity index (χ4v) is 4.77. The first kappa shape index (κ1) is 17.3. The summed E-state index contributed by atoms with van der Waals surface area (Å²) in [6.45, 7) is 0.383. The molecule has 1 fully saturated rings. The van der Waals surface area contributed by atoms with E-state index in [-0.39, 0.29) is 16.9 Å². The molecule has 0 aromatic heterocycles. The van der Waals surface area contributed by atoms with Crippen LogP contribution < -0.4 is 10.5 Å². The van der Waals surface area contributed by atoms with E-state index in [9.17, 15) is 21.2 Å². The van der Waals surface area contributed by atoms with Crippen molar-refractivity contribution in [2.24, 2.45) is 11.7 Å². The molecule has 124 valence electrons. The molecule has 9 heteroatoms. The molecule has 0 saturated heterocycles. The third-order valence-electron chi connectivity index (χ3n) is 3.88. The Morgan fingerprint density at radius 1 is 1.27 bits per heavy atom. The van der Waals surface area contributed by atoms with Gasteiger partial charge in [0.25, 0.3) is 0 Å². The second kappa shape index (κ2) is 6.23. The van der Waals surface area contributed by atoms with Gasteiger partial charge < -0.3 is 5.73 Å². The third kappa shape index (κ3) is 3.65. The Labute approximate surface area is 129 Å². The highest BCUT2D eigenvalue weighted by Gasteiger charge is 2.30. The van der Waals surface area contributed by atoms with E-state index in [0.717, 1.165) is 37.3 Å². The zero-order valence-corrected chi connectivity index (χ0v) is 13.8. The second-order valence-electron chi connectivity index (χ2n) is 5.52. The van der Waals surface area contributed by atoms with Crippen LogP contribution in [0.15, 0.2) is 28.0 Å². The molecule has 2 atom stereocenters. The second-order valence-corrected chi connectivity index (χ2v) is 9.22.